The van der Waals surface area contributed by atoms with E-state index in [1.54, 1.807) is 6.20 Å². The summed E-state index contributed by atoms with van der Waals surface area (Å²) in [6.45, 7) is 11.7. The van der Waals surface area contributed by atoms with E-state index < -0.39 is 5.41 Å². The van der Waals surface area contributed by atoms with Crippen molar-refractivity contribution >= 4 is 16.7 Å². The molecular formula is C28H23N5O. The smallest absolute Gasteiger partial charge is 0.226 e. The van der Waals surface area contributed by atoms with Crippen molar-refractivity contribution in [1.29, 1.82) is 0 Å². The van der Waals surface area contributed by atoms with Crippen LogP contribution < -0.4 is 0 Å². The first-order valence-electron chi connectivity index (χ1n) is 11.5. The number of pyridine rings is 2. The minimum Gasteiger partial charge on any atom is -0.308 e. The van der Waals surface area contributed by atoms with Gasteiger partial charge in [-0.2, -0.15) is 0 Å². The lowest BCUT2D eigenvalue weighted by molar-refractivity contribution is -0.121. The quantitative estimate of drug-likeness (QED) is 0.392. The SMILES string of the molecule is [C-]#[N+]C1=C[C@@]2(C)c3nc(-c4ccnc5ccccc45)n(-c4cccnc4)c3CC[C@@H]2[C@@H](C)C1=O. The summed E-state index contributed by atoms with van der Waals surface area (Å²) in [6.07, 6.45) is 8.99. The molecule has 0 aliphatic heterocycles. The number of hydrogen-bond donors (Lipinski definition) is 0. The zero-order chi connectivity index (χ0) is 23.4. The van der Waals surface area contributed by atoms with E-state index in [1.807, 2.05) is 61.8 Å². The molecule has 2 aliphatic carbocycles. The molecule has 0 amide bonds. The zero-order valence-electron chi connectivity index (χ0n) is 19.1. The molecule has 0 radical (unpaired) electrons. The number of nitrogens with zero attached hydrogens (tertiary/aromatic N) is 5. The van der Waals surface area contributed by atoms with Crippen LogP contribution in [-0.4, -0.2) is 25.3 Å². The van der Waals surface area contributed by atoms with E-state index in [1.165, 1.54) is 0 Å². The van der Waals surface area contributed by atoms with Gasteiger partial charge in [-0.15, -0.1) is 0 Å². The third kappa shape index (κ3) is 2.80. The molecule has 0 spiro atoms. The van der Waals surface area contributed by atoms with Crippen LogP contribution in [0.3, 0.4) is 0 Å². The summed E-state index contributed by atoms with van der Waals surface area (Å²) in [4.78, 5) is 30.6. The maximum atomic E-state index is 12.8. The highest BCUT2D eigenvalue weighted by atomic mass is 16.1. The number of aromatic nitrogens is 4. The van der Waals surface area contributed by atoms with Crippen LogP contribution in [0.5, 0.6) is 0 Å². The minimum absolute atomic E-state index is 0.0482. The third-order valence-corrected chi connectivity index (χ3v) is 7.57. The molecule has 4 aromatic rings. The Morgan fingerprint density at radius 2 is 2.00 bits per heavy atom. The number of Topliss-reactive ketones (excluding diaryl/α,β-unsaturated/α-hetero) is 1. The van der Waals surface area contributed by atoms with Gasteiger partial charge in [-0.3, -0.25) is 14.5 Å². The molecule has 166 valence electrons. The van der Waals surface area contributed by atoms with Crippen molar-refractivity contribution in [2.24, 2.45) is 11.8 Å². The molecule has 6 nitrogen and oxygen atoms in total. The normalized spacial score (nSPS) is 23.7. The van der Waals surface area contributed by atoms with E-state index in [2.05, 4.69) is 32.4 Å². The first-order valence-corrected chi connectivity index (χ1v) is 11.5. The standard InChI is InChI=1S/C28H23N5O/c1-17-21-10-11-24-26(28(21,2)15-23(29-3)25(17)34)32-27(33(24)18-7-6-13-30-16-18)20-12-14-31-22-9-5-4-8-19(20)22/h4-9,12-17,21H,10-11H2,1-2H3/t17-,21-,28-/m1/s1. The maximum absolute atomic E-state index is 12.8. The van der Waals surface area contributed by atoms with Crippen LogP contribution in [-0.2, 0) is 16.6 Å². The molecule has 0 saturated heterocycles. The summed E-state index contributed by atoms with van der Waals surface area (Å²) >= 11 is 0. The highest BCUT2D eigenvalue weighted by molar-refractivity contribution is 6.00. The highest BCUT2D eigenvalue weighted by Gasteiger charge is 2.50. The van der Waals surface area contributed by atoms with E-state index in [4.69, 9.17) is 11.6 Å². The summed E-state index contributed by atoms with van der Waals surface area (Å²) < 4.78 is 2.21. The third-order valence-electron chi connectivity index (χ3n) is 7.57. The van der Waals surface area contributed by atoms with Crippen LogP contribution in [0.25, 0.3) is 32.8 Å². The van der Waals surface area contributed by atoms with E-state index in [9.17, 15) is 4.79 Å². The molecule has 0 unspecified atom stereocenters. The molecule has 34 heavy (non-hydrogen) atoms. The van der Waals surface area contributed by atoms with Crippen molar-refractivity contribution in [3.63, 3.8) is 0 Å². The number of imidazole rings is 1. The van der Waals surface area contributed by atoms with Crippen LogP contribution in [0, 0.1) is 18.4 Å². The largest absolute Gasteiger partial charge is 0.308 e. The number of fused-ring (bicyclic) bond motifs is 4. The molecule has 6 heteroatoms. The number of para-hydroxylation sites is 1. The number of carbonyl (C=O) groups excluding carboxylic acids is 1. The Morgan fingerprint density at radius 1 is 1.15 bits per heavy atom. The van der Waals surface area contributed by atoms with Gasteiger partial charge in [0.1, 0.15) is 5.82 Å². The van der Waals surface area contributed by atoms with Crippen molar-refractivity contribution < 1.29 is 4.79 Å². The van der Waals surface area contributed by atoms with Crippen molar-refractivity contribution in [1.82, 2.24) is 19.5 Å². The van der Waals surface area contributed by atoms with Crippen molar-refractivity contribution in [2.45, 2.75) is 32.1 Å². The Balaban J connectivity index is 1.68. The Hall–Kier alpha value is -4.11. The molecule has 3 aromatic heterocycles. The van der Waals surface area contributed by atoms with E-state index >= 15 is 0 Å². The lowest BCUT2D eigenvalue weighted by Crippen LogP contribution is -2.45. The first kappa shape index (κ1) is 20.5. The van der Waals surface area contributed by atoms with Gasteiger partial charge in [0, 0.05) is 40.4 Å². The lowest BCUT2D eigenvalue weighted by atomic mass is 9.59. The fourth-order valence-corrected chi connectivity index (χ4v) is 5.92. The van der Waals surface area contributed by atoms with Crippen LogP contribution >= 0.6 is 0 Å². The molecule has 2 aliphatic rings. The van der Waals surface area contributed by atoms with E-state index in [0.29, 0.717) is 0 Å². The van der Waals surface area contributed by atoms with Crippen LogP contribution in [0.15, 0.2) is 72.8 Å². The maximum Gasteiger partial charge on any atom is 0.226 e. The van der Waals surface area contributed by atoms with Gasteiger partial charge in [0.05, 0.1) is 29.7 Å². The Bertz CT molecular complexity index is 1520. The fourth-order valence-electron chi connectivity index (χ4n) is 5.92. The Kier molecular flexibility index (Phi) is 4.50. The van der Waals surface area contributed by atoms with Gasteiger partial charge >= 0.3 is 0 Å². The topological polar surface area (TPSA) is 65.0 Å². The number of rotatable bonds is 2. The average molecular weight is 446 g/mol. The van der Waals surface area contributed by atoms with Gasteiger partial charge in [0.2, 0.25) is 5.70 Å². The van der Waals surface area contributed by atoms with Crippen LogP contribution in [0.2, 0.25) is 0 Å². The average Bonchev–Trinajstić information content (AvgIpc) is 3.27. The van der Waals surface area contributed by atoms with Crippen LogP contribution in [0.1, 0.15) is 31.7 Å². The van der Waals surface area contributed by atoms with E-state index in [-0.39, 0.29) is 23.3 Å². The van der Waals surface area contributed by atoms with Gasteiger partial charge < -0.3 is 4.79 Å². The van der Waals surface area contributed by atoms with Gasteiger partial charge in [-0.1, -0.05) is 38.1 Å². The predicted molar refractivity (Wildman–Crippen MR) is 130 cm³/mol. The molecule has 0 N–H and O–H groups in total. The molecule has 0 bridgehead atoms. The second-order valence-electron chi connectivity index (χ2n) is 9.38. The monoisotopic (exact) mass is 445 g/mol. The molecular weight excluding hydrogens is 422 g/mol. The minimum atomic E-state index is -0.494. The number of benzene rings is 1. The predicted octanol–water partition coefficient (Wildman–Crippen LogP) is 5.32. The molecule has 1 aromatic carbocycles. The van der Waals surface area contributed by atoms with Gasteiger partial charge in [-0.25, -0.2) is 9.83 Å². The summed E-state index contributed by atoms with van der Waals surface area (Å²) in [5.74, 6) is 0.687. The number of carbonyl (C=O) groups is 1. The second-order valence-corrected chi connectivity index (χ2v) is 9.38. The molecule has 3 atom stereocenters. The van der Waals surface area contributed by atoms with Crippen LogP contribution in [0.4, 0.5) is 0 Å². The fraction of sp³-hybridized carbons (Fsp3) is 0.250. The van der Waals surface area contributed by atoms with Crippen molar-refractivity contribution in [3.8, 4) is 17.1 Å². The number of hydrogen-bond acceptors (Lipinski definition) is 4. The molecule has 3 heterocycles. The van der Waals surface area contributed by atoms with Crippen molar-refractivity contribution in [2.75, 3.05) is 0 Å². The Morgan fingerprint density at radius 3 is 2.79 bits per heavy atom. The van der Waals surface area contributed by atoms with E-state index in [0.717, 1.165) is 52.2 Å². The zero-order valence-corrected chi connectivity index (χ0v) is 19.1. The molecule has 6 rings (SSSR count). The Labute approximate surface area is 197 Å². The summed E-state index contributed by atoms with van der Waals surface area (Å²) in [5.41, 5.74) is 4.66. The summed E-state index contributed by atoms with van der Waals surface area (Å²) in [7, 11) is 0. The lowest BCUT2D eigenvalue weighted by Gasteiger charge is -2.44. The summed E-state index contributed by atoms with van der Waals surface area (Å²) in [5, 5.41) is 1.03. The highest BCUT2D eigenvalue weighted by Crippen LogP contribution is 2.51. The van der Waals surface area contributed by atoms with Crippen molar-refractivity contribution in [3.05, 3.63) is 95.6 Å². The number of allylic oxidation sites excluding steroid dienone is 2. The number of ketones is 1. The van der Waals surface area contributed by atoms with Gasteiger partial charge in [-0.05, 0) is 43.0 Å². The first-order chi connectivity index (χ1) is 16.5. The molecule has 0 fully saturated rings. The van der Waals surface area contributed by atoms with Gasteiger partial charge in [0.15, 0.2) is 5.78 Å². The second kappa shape index (κ2) is 7.46. The van der Waals surface area contributed by atoms with Gasteiger partial charge in [0.25, 0.3) is 0 Å². The summed E-state index contributed by atoms with van der Waals surface area (Å²) in [6, 6.07) is 14.1. The molecule has 0 saturated carbocycles.